The molecule has 0 atom stereocenters. The molecule has 0 saturated carbocycles. The lowest BCUT2D eigenvalue weighted by atomic mass is 10.1. The highest BCUT2D eigenvalue weighted by Crippen LogP contribution is 2.15. The van der Waals surface area contributed by atoms with Gasteiger partial charge in [-0.25, -0.2) is 0 Å². The van der Waals surface area contributed by atoms with Gasteiger partial charge in [-0.15, -0.1) is 0 Å². The van der Waals surface area contributed by atoms with E-state index >= 15 is 0 Å². The molecule has 0 aliphatic carbocycles. The van der Waals surface area contributed by atoms with Crippen LogP contribution in [-0.4, -0.2) is 30.8 Å². The largest absolute Gasteiger partial charge is 0.376 e. The van der Waals surface area contributed by atoms with E-state index in [4.69, 9.17) is 0 Å². The summed E-state index contributed by atoms with van der Waals surface area (Å²) in [5.41, 5.74) is 2.67. The van der Waals surface area contributed by atoms with Crippen molar-refractivity contribution >= 4 is 34.8 Å². The SMILES string of the molecule is CCCNC(=O)c1ccc(NC(=O)CNc2ccc(NC(=O)CC(C)C)cc2)cc1. The normalized spacial score (nSPS) is 10.4. The first-order valence-corrected chi connectivity index (χ1v) is 10.2. The maximum atomic E-state index is 12.2. The Morgan fingerprint density at radius 1 is 0.800 bits per heavy atom. The summed E-state index contributed by atoms with van der Waals surface area (Å²) >= 11 is 0. The third kappa shape index (κ3) is 7.95. The predicted octanol–water partition coefficient (Wildman–Crippen LogP) is 3.86. The first-order chi connectivity index (χ1) is 14.4. The van der Waals surface area contributed by atoms with Crippen molar-refractivity contribution in [3.8, 4) is 0 Å². The van der Waals surface area contributed by atoms with E-state index < -0.39 is 0 Å². The molecule has 0 unspecified atom stereocenters. The number of rotatable bonds is 10. The molecule has 0 heterocycles. The minimum absolute atomic E-state index is 0.0149. The van der Waals surface area contributed by atoms with Crippen LogP contribution in [0.25, 0.3) is 0 Å². The van der Waals surface area contributed by atoms with Gasteiger partial charge in [-0.1, -0.05) is 20.8 Å². The number of benzene rings is 2. The van der Waals surface area contributed by atoms with Crippen molar-refractivity contribution in [3.63, 3.8) is 0 Å². The van der Waals surface area contributed by atoms with Crippen LogP contribution in [0.5, 0.6) is 0 Å². The molecule has 0 spiro atoms. The Labute approximate surface area is 177 Å². The lowest BCUT2D eigenvalue weighted by Gasteiger charge is -2.10. The molecule has 0 aliphatic rings. The fourth-order valence-corrected chi connectivity index (χ4v) is 2.69. The number of carbonyl (C=O) groups is 3. The highest BCUT2D eigenvalue weighted by atomic mass is 16.2. The van der Waals surface area contributed by atoms with Gasteiger partial charge in [0, 0.05) is 35.6 Å². The number of anilines is 3. The fraction of sp³-hybridized carbons (Fsp3) is 0.348. The third-order valence-corrected chi connectivity index (χ3v) is 4.18. The number of nitrogens with one attached hydrogen (secondary N) is 4. The van der Waals surface area contributed by atoms with Crippen LogP contribution in [0.4, 0.5) is 17.1 Å². The minimum atomic E-state index is -0.201. The molecule has 3 amide bonds. The Balaban J connectivity index is 1.79. The molecule has 0 bridgehead atoms. The summed E-state index contributed by atoms with van der Waals surface area (Å²) in [6, 6.07) is 14.0. The summed E-state index contributed by atoms with van der Waals surface area (Å²) in [7, 11) is 0. The van der Waals surface area contributed by atoms with Gasteiger partial charge in [-0.3, -0.25) is 14.4 Å². The van der Waals surface area contributed by atoms with Crippen molar-refractivity contribution in [3.05, 3.63) is 54.1 Å². The van der Waals surface area contributed by atoms with Crippen molar-refractivity contribution in [2.45, 2.75) is 33.6 Å². The van der Waals surface area contributed by atoms with Crippen LogP contribution < -0.4 is 21.3 Å². The molecule has 4 N–H and O–H groups in total. The zero-order valence-electron chi connectivity index (χ0n) is 17.7. The van der Waals surface area contributed by atoms with Crippen molar-refractivity contribution in [2.24, 2.45) is 5.92 Å². The topological polar surface area (TPSA) is 99.3 Å². The average molecular weight is 411 g/mol. The number of amides is 3. The molecule has 2 rings (SSSR count). The summed E-state index contributed by atoms with van der Waals surface area (Å²) in [6.07, 6.45) is 1.35. The molecular weight excluding hydrogens is 380 g/mol. The quantitative estimate of drug-likeness (QED) is 0.478. The molecule has 2 aromatic carbocycles. The van der Waals surface area contributed by atoms with Crippen molar-refractivity contribution in [1.29, 1.82) is 0 Å². The lowest BCUT2D eigenvalue weighted by Crippen LogP contribution is -2.24. The summed E-state index contributed by atoms with van der Waals surface area (Å²) in [6.45, 7) is 6.71. The summed E-state index contributed by atoms with van der Waals surface area (Å²) in [5.74, 6) is -0.0365. The van der Waals surface area contributed by atoms with Crippen LogP contribution in [0.15, 0.2) is 48.5 Å². The van der Waals surface area contributed by atoms with Gasteiger partial charge in [0.05, 0.1) is 6.54 Å². The van der Waals surface area contributed by atoms with E-state index in [-0.39, 0.29) is 24.3 Å². The van der Waals surface area contributed by atoms with E-state index in [9.17, 15) is 14.4 Å². The van der Waals surface area contributed by atoms with Gasteiger partial charge >= 0.3 is 0 Å². The minimum Gasteiger partial charge on any atom is -0.376 e. The molecule has 7 heteroatoms. The second-order valence-corrected chi connectivity index (χ2v) is 7.46. The van der Waals surface area contributed by atoms with Gasteiger partial charge in [0.1, 0.15) is 0 Å². The number of hydrogen-bond donors (Lipinski definition) is 4. The zero-order valence-corrected chi connectivity index (χ0v) is 17.7. The summed E-state index contributed by atoms with van der Waals surface area (Å²) < 4.78 is 0. The van der Waals surface area contributed by atoms with Crippen LogP contribution in [-0.2, 0) is 9.59 Å². The Bertz CT molecular complexity index is 846. The molecule has 160 valence electrons. The van der Waals surface area contributed by atoms with Crippen molar-refractivity contribution < 1.29 is 14.4 Å². The van der Waals surface area contributed by atoms with Crippen LogP contribution in [0, 0.1) is 5.92 Å². The Morgan fingerprint density at radius 3 is 1.90 bits per heavy atom. The number of carbonyl (C=O) groups excluding carboxylic acids is 3. The van der Waals surface area contributed by atoms with E-state index in [0.717, 1.165) is 17.8 Å². The molecule has 0 aromatic heterocycles. The zero-order chi connectivity index (χ0) is 21.9. The van der Waals surface area contributed by atoms with Crippen LogP contribution in [0.2, 0.25) is 0 Å². The Kier molecular flexibility index (Phi) is 8.87. The highest BCUT2D eigenvalue weighted by molar-refractivity contribution is 5.96. The van der Waals surface area contributed by atoms with E-state index in [1.54, 1.807) is 36.4 Å². The first kappa shape index (κ1) is 22.9. The van der Waals surface area contributed by atoms with E-state index in [2.05, 4.69) is 21.3 Å². The second kappa shape index (κ2) is 11.6. The van der Waals surface area contributed by atoms with Crippen molar-refractivity contribution in [2.75, 3.05) is 29.0 Å². The standard InChI is InChI=1S/C23H30N4O3/c1-4-13-24-23(30)17-5-7-19(8-6-17)27-22(29)15-25-18-9-11-20(12-10-18)26-21(28)14-16(2)3/h5-12,16,25H,4,13-15H2,1-3H3,(H,24,30)(H,26,28)(H,27,29). The van der Waals surface area contributed by atoms with Crippen molar-refractivity contribution in [1.82, 2.24) is 5.32 Å². The molecule has 2 aromatic rings. The Hall–Kier alpha value is -3.35. The monoisotopic (exact) mass is 410 g/mol. The van der Waals surface area contributed by atoms with Gasteiger partial charge in [0.25, 0.3) is 5.91 Å². The Morgan fingerprint density at radius 2 is 1.33 bits per heavy atom. The smallest absolute Gasteiger partial charge is 0.251 e. The van der Waals surface area contributed by atoms with Gasteiger partial charge in [-0.05, 0) is 60.9 Å². The highest BCUT2D eigenvalue weighted by Gasteiger charge is 2.07. The number of hydrogen-bond acceptors (Lipinski definition) is 4. The fourth-order valence-electron chi connectivity index (χ4n) is 2.69. The van der Waals surface area contributed by atoms with E-state index in [1.165, 1.54) is 0 Å². The molecular formula is C23H30N4O3. The van der Waals surface area contributed by atoms with Crippen LogP contribution in [0.1, 0.15) is 44.0 Å². The van der Waals surface area contributed by atoms with E-state index in [1.807, 2.05) is 32.9 Å². The van der Waals surface area contributed by atoms with Gasteiger partial charge in [0.15, 0.2) is 0 Å². The first-order valence-electron chi connectivity index (χ1n) is 10.2. The molecule has 7 nitrogen and oxygen atoms in total. The second-order valence-electron chi connectivity index (χ2n) is 7.46. The summed E-state index contributed by atoms with van der Waals surface area (Å²) in [5, 5.41) is 11.5. The van der Waals surface area contributed by atoms with Crippen LogP contribution in [0.3, 0.4) is 0 Å². The van der Waals surface area contributed by atoms with E-state index in [0.29, 0.717) is 30.1 Å². The lowest BCUT2D eigenvalue weighted by molar-refractivity contribution is -0.117. The summed E-state index contributed by atoms with van der Waals surface area (Å²) in [4.78, 5) is 35.8. The predicted molar refractivity (Wildman–Crippen MR) is 121 cm³/mol. The third-order valence-electron chi connectivity index (χ3n) is 4.18. The van der Waals surface area contributed by atoms with Crippen LogP contribution >= 0.6 is 0 Å². The van der Waals surface area contributed by atoms with Gasteiger partial charge in [0.2, 0.25) is 11.8 Å². The molecule has 0 fully saturated rings. The maximum Gasteiger partial charge on any atom is 0.251 e. The average Bonchev–Trinajstić information content (AvgIpc) is 2.71. The molecule has 0 aliphatic heterocycles. The molecule has 30 heavy (non-hydrogen) atoms. The van der Waals surface area contributed by atoms with Gasteiger partial charge < -0.3 is 21.3 Å². The van der Waals surface area contributed by atoms with Gasteiger partial charge in [-0.2, -0.15) is 0 Å². The maximum absolute atomic E-state index is 12.2. The molecule has 0 saturated heterocycles. The molecule has 0 radical (unpaired) electrons.